The summed E-state index contributed by atoms with van der Waals surface area (Å²) in [6.07, 6.45) is 6.75. The van der Waals surface area contributed by atoms with Crippen LogP contribution in [-0.4, -0.2) is 36.0 Å². The second-order valence-corrected chi connectivity index (χ2v) is 4.35. The number of aromatic amines is 1. The van der Waals surface area contributed by atoms with E-state index in [1.807, 2.05) is 18.2 Å². The van der Waals surface area contributed by atoms with Crippen LogP contribution in [0.5, 0.6) is 0 Å². The molecule has 1 amide bonds. The van der Waals surface area contributed by atoms with Crippen LogP contribution in [0.4, 0.5) is 4.79 Å². The molecule has 0 aliphatic heterocycles. The molecule has 110 valence electrons. The monoisotopic (exact) mass is 287 g/mol. The van der Waals surface area contributed by atoms with E-state index in [1.165, 1.54) is 7.05 Å². The third-order valence-corrected chi connectivity index (χ3v) is 2.98. The first-order chi connectivity index (χ1) is 10.2. The highest BCUT2D eigenvalue weighted by molar-refractivity contribution is 5.78. The third kappa shape index (κ3) is 3.97. The van der Waals surface area contributed by atoms with E-state index in [0.29, 0.717) is 12.8 Å². The summed E-state index contributed by atoms with van der Waals surface area (Å²) in [7, 11) is 1.49. The van der Waals surface area contributed by atoms with Crippen LogP contribution in [0.2, 0.25) is 0 Å². The van der Waals surface area contributed by atoms with Crippen molar-refractivity contribution in [2.45, 2.75) is 19.1 Å². The number of aromatic nitrogens is 2. The van der Waals surface area contributed by atoms with Gasteiger partial charge in [0.2, 0.25) is 6.29 Å². The summed E-state index contributed by atoms with van der Waals surface area (Å²) < 4.78 is 10.5. The van der Waals surface area contributed by atoms with Crippen LogP contribution in [0.25, 0.3) is 11.0 Å². The van der Waals surface area contributed by atoms with Gasteiger partial charge < -0.3 is 19.8 Å². The molecule has 1 aromatic carbocycles. The largest absolute Gasteiger partial charge is 0.420 e. The van der Waals surface area contributed by atoms with Crippen LogP contribution >= 0.6 is 0 Å². The molecule has 0 saturated carbocycles. The number of hydrogen-bond donors (Lipinski definition) is 2. The lowest BCUT2D eigenvalue weighted by Gasteiger charge is -2.17. The molecule has 0 spiro atoms. The number of rotatable bonds is 6. The lowest BCUT2D eigenvalue weighted by atomic mass is 10.1. The number of amides is 1. The summed E-state index contributed by atoms with van der Waals surface area (Å²) in [5.74, 6) is 2.36. The fourth-order valence-electron chi connectivity index (χ4n) is 2.00. The summed E-state index contributed by atoms with van der Waals surface area (Å²) in [6, 6.07) is 5.90. The molecule has 1 aromatic heterocycles. The summed E-state index contributed by atoms with van der Waals surface area (Å²) in [6.45, 7) is 0.0915. The molecule has 0 unspecified atom stereocenters. The van der Waals surface area contributed by atoms with Gasteiger partial charge in [0.25, 0.3) is 0 Å². The number of aryl methyl sites for hydroxylation is 1. The second kappa shape index (κ2) is 7.31. The normalized spacial score (nSPS) is 11.8. The van der Waals surface area contributed by atoms with E-state index >= 15 is 0 Å². The molecule has 0 bridgehead atoms. The zero-order valence-corrected chi connectivity index (χ0v) is 11.8. The highest BCUT2D eigenvalue weighted by Crippen LogP contribution is 2.17. The van der Waals surface area contributed by atoms with Gasteiger partial charge in [-0.25, -0.2) is 9.78 Å². The zero-order chi connectivity index (χ0) is 15.1. The van der Waals surface area contributed by atoms with Gasteiger partial charge in [-0.1, -0.05) is 18.1 Å². The van der Waals surface area contributed by atoms with Gasteiger partial charge in [-0.3, -0.25) is 0 Å². The Morgan fingerprint density at radius 3 is 3.19 bits per heavy atom. The van der Waals surface area contributed by atoms with E-state index in [-0.39, 0.29) is 6.61 Å². The predicted octanol–water partition coefficient (Wildman–Crippen LogP) is 1.83. The number of fused-ring (bicyclic) bond motifs is 1. The quantitative estimate of drug-likeness (QED) is 0.627. The van der Waals surface area contributed by atoms with E-state index < -0.39 is 12.4 Å². The Morgan fingerprint density at radius 2 is 2.43 bits per heavy atom. The number of terminal acetylenes is 1. The van der Waals surface area contributed by atoms with Crippen molar-refractivity contribution in [3.05, 3.63) is 30.1 Å². The number of carbonyl (C=O) groups is 1. The molecular weight excluding hydrogens is 270 g/mol. The fraction of sp³-hybridized carbons (Fsp3) is 0.333. The van der Waals surface area contributed by atoms with Gasteiger partial charge >= 0.3 is 6.09 Å². The Kier molecular flexibility index (Phi) is 5.18. The third-order valence-electron chi connectivity index (χ3n) is 2.98. The van der Waals surface area contributed by atoms with Crippen LogP contribution < -0.4 is 5.32 Å². The highest BCUT2D eigenvalue weighted by atomic mass is 16.7. The number of carbonyl (C=O) groups excluding carboxylic acids is 1. The standard InChI is InChI=1S/C15H17N3O3/c1-3-9-20-13(21-15(19)16-2)8-7-11-5-4-6-12-14(11)18-10-17-12/h1,4-6,10,13H,7-9H2,2H3,(H,16,19)(H,17,18)/t13-/m0/s1. The highest BCUT2D eigenvalue weighted by Gasteiger charge is 2.15. The van der Waals surface area contributed by atoms with Crippen LogP contribution in [0, 0.1) is 12.3 Å². The Hall–Kier alpha value is -2.52. The smallest absolute Gasteiger partial charge is 0.409 e. The van der Waals surface area contributed by atoms with Crippen molar-refractivity contribution in [3.63, 3.8) is 0 Å². The van der Waals surface area contributed by atoms with Crippen molar-refractivity contribution >= 4 is 17.1 Å². The Morgan fingerprint density at radius 1 is 1.57 bits per heavy atom. The first kappa shape index (κ1) is 14.9. The van der Waals surface area contributed by atoms with Crippen molar-refractivity contribution < 1.29 is 14.3 Å². The van der Waals surface area contributed by atoms with Crippen LogP contribution in [0.15, 0.2) is 24.5 Å². The Bertz CT molecular complexity index is 645. The van der Waals surface area contributed by atoms with Gasteiger partial charge in [0, 0.05) is 13.5 Å². The molecular formula is C15H17N3O3. The van der Waals surface area contributed by atoms with Gasteiger partial charge in [-0.2, -0.15) is 0 Å². The zero-order valence-electron chi connectivity index (χ0n) is 11.8. The Balaban J connectivity index is 2.01. The van der Waals surface area contributed by atoms with E-state index in [2.05, 4.69) is 21.2 Å². The molecule has 2 N–H and O–H groups in total. The number of benzene rings is 1. The lowest BCUT2D eigenvalue weighted by Crippen LogP contribution is -2.28. The maximum absolute atomic E-state index is 11.3. The number of H-pyrrole nitrogens is 1. The molecule has 0 radical (unpaired) electrons. The molecule has 0 aliphatic rings. The maximum Gasteiger partial charge on any atom is 0.409 e. The first-order valence-electron chi connectivity index (χ1n) is 6.59. The summed E-state index contributed by atoms with van der Waals surface area (Å²) in [5.41, 5.74) is 2.94. The number of para-hydroxylation sites is 1. The number of hydrogen-bond acceptors (Lipinski definition) is 4. The average molecular weight is 287 g/mol. The molecule has 6 heteroatoms. The van der Waals surface area contributed by atoms with Crippen LogP contribution in [0.1, 0.15) is 12.0 Å². The second-order valence-electron chi connectivity index (χ2n) is 4.35. The van der Waals surface area contributed by atoms with E-state index in [4.69, 9.17) is 15.9 Å². The molecule has 21 heavy (non-hydrogen) atoms. The number of alkyl carbamates (subject to hydrolysis) is 1. The molecule has 0 aliphatic carbocycles. The topological polar surface area (TPSA) is 76.2 Å². The van der Waals surface area contributed by atoms with Gasteiger partial charge in [-0.15, -0.1) is 6.42 Å². The minimum Gasteiger partial charge on any atom is -0.420 e. The SMILES string of the molecule is C#CCO[C@H](CCc1cccc2[nH]cnc12)OC(=O)NC. The van der Waals surface area contributed by atoms with Crippen molar-refractivity contribution in [1.29, 1.82) is 0 Å². The van der Waals surface area contributed by atoms with Crippen LogP contribution in [0.3, 0.4) is 0 Å². The van der Waals surface area contributed by atoms with Gasteiger partial charge in [-0.05, 0) is 18.1 Å². The summed E-state index contributed by atoms with van der Waals surface area (Å²) >= 11 is 0. The lowest BCUT2D eigenvalue weighted by molar-refractivity contribution is -0.0959. The predicted molar refractivity (Wildman–Crippen MR) is 78.5 cm³/mol. The molecule has 2 rings (SSSR count). The number of ether oxygens (including phenoxy) is 2. The van der Waals surface area contributed by atoms with Crippen molar-refractivity contribution in [1.82, 2.24) is 15.3 Å². The fourth-order valence-corrected chi connectivity index (χ4v) is 2.00. The number of imidazole rings is 1. The van der Waals surface area contributed by atoms with E-state index in [0.717, 1.165) is 16.6 Å². The Labute approximate surface area is 122 Å². The van der Waals surface area contributed by atoms with Gasteiger partial charge in [0.05, 0.1) is 17.4 Å². The number of nitrogens with one attached hydrogen (secondary N) is 2. The molecule has 1 heterocycles. The van der Waals surface area contributed by atoms with Crippen LogP contribution in [-0.2, 0) is 15.9 Å². The van der Waals surface area contributed by atoms with E-state index in [1.54, 1.807) is 6.33 Å². The molecule has 0 fully saturated rings. The summed E-state index contributed by atoms with van der Waals surface area (Å²) in [4.78, 5) is 18.6. The van der Waals surface area contributed by atoms with Crippen molar-refractivity contribution in [3.8, 4) is 12.3 Å². The minimum absolute atomic E-state index is 0.0915. The molecule has 6 nitrogen and oxygen atoms in total. The van der Waals surface area contributed by atoms with Crippen molar-refractivity contribution in [2.75, 3.05) is 13.7 Å². The first-order valence-corrected chi connectivity index (χ1v) is 6.59. The van der Waals surface area contributed by atoms with Gasteiger partial charge in [0.15, 0.2) is 0 Å². The molecule has 2 aromatic rings. The molecule has 0 saturated heterocycles. The number of nitrogens with zero attached hydrogens (tertiary/aromatic N) is 1. The van der Waals surface area contributed by atoms with Gasteiger partial charge in [0.1, 0.15) is 6.61 Å². The maximum atomic E-state index is 11.3. The average Bonchev–Trinajstić information content (AvgIpc) is 2.98. The minimum atomic E-state index is -0.685. The van der Waals surface area contributed by atoms with E-state index in [9.17, 15) is 4.79 Å². The summed E-state index contributed by atoms with van der Waals surface area (Å²) in [5, 5.41) is 2.39. The van der Waals surface area contributed by atoms with Crippen molar-refractivity contribution in [2.24, 2.45) is 0 Å². The molecule has 1 atom stereocenters.